The molecule has 0 saturated heterocycles. The van der Waals surface area contributed by atoms with Crippen LogP contribution in [0.5, 0.6) is 0 Å². The van der Waals surface area contributed by atoms with Gasteiger partial charge in [-0.1, -0.05) is 11.8 Å². The van der Waals surface area contributed by atoms with Crippen molar-refractivity contribution >= 4 is 17.7 Å². The van der Waals surface area contributed by atoms with Crippen LogP contribution in [0.3, 0.4) is 0 Å². The Bertz CT molecular complexity index is 340. The Morgan fingerprint density at radius 3 is 2.88 bits per heavy atom. The van der Waals surface area contributed by atoms with Gasteiger partial charge in [-0.05, 0) is 20.8 Å². The predicted octanol–water partition coefficient (Wildman–Crippen LogP) is 1.01. The van der Waals surface area contributed by atoms with Gasteiger partial charge in [0.1, 0.15) is 11.8 Å². The van der Waals surface area contributed by atoms with Gasteiger partial charge in [-0.15, -0.1) is 0 Å². The Hall–Kier alpha value is -1.01. The predicted molar refractivity (Wildman–Crippen MR) is 63.1 cm³/mol. The van der Waals surface area contributed by atoms with Crippen molar-refractivity contribution in [2.45, 2.75) is 37.6 Å². The quantitative estimate of drug-likeness (QED) is 0.729. The Labute approximate surface area is 99.2 Å². The summed E-state index contributed by atoms with van der Waals surface area (Å²) >= 11 is 1.36. The molecular weight excluding hydrogens is 226 g/mol. The molecule has 0 aliphatic heterocycles. The Kier molecular flexibility index (Phi) is 4.37. The van der Waals surface area contributed by atoms with Gasteiger partial charge in [0.15, 0.2) is 0 Å². The summed E-state index contributed by atoms with van der Waals surface area (Å²) in [6.07, 6.45) is 3.07. The fourth-order valence-electron chi connectivity index (χ4n) is 1.31. The Balaban J connectivity index is 2.61. The van der Waals surface area contributed by atoms with Gasteiger partial charge in [-0.3, -0.25) is 4.79 Å². The maximum atomic E-state index is 11.4. The van der Waals surface area contributed by atoms with Crippen molar-refractivity contribution < 1.29 is 9.21 Å². The molecule has 1 aromatic heterocycles. The van der Waals surface area contributed by atoms with E-state index in [1.54, 1.807) is 13.1 Å². The van der Waals surface area contributed by atoms with Crippen molar-refractivity contribution in [3.8, 4) is 0 Å². The highest BCUT2D eigenvalue weighted by molar-refractivity contribution is 7.99. The first-order valence-electron chi connectivity index (χ1n) is 5.04. The molecule has 1 amide bonds. The first-order valence-corrected chi connectivity index (χ1v) is 6.02. The number of carbonyl (C=O) groups is 1. The van der Waals surface area contributed by atoms with Gasteiger partial charge in [0.2, 0.25) is 5.91 Å². The van der Waals surface area contributed by atoms with Gasteiger partial charge in [0, 0.05) is 11.8 Å². The summed E-state index contributed by atoms with van der Waals surface area (Å²) in [7, 11) is 0. The third-order valence-corrected chi connectivity index (χ3v) is 3.22. The van der Waals surface area contributed by atoms with Gasteiger partial charge in [0.25, 0.3) is 5.22 Å². The molecule has 90 valence electrons. The Morgan fingerprint density at radius 1 is 1.75 bits per heavy atom. The summed E-state index contributed by atoms with van der Waals surface area (Å²) in [6.45, 7) is 5.72. The molecule has 1 atom stereocenters. The molecule has 1 heterocycles. The number of rotatable bonds is 6. The molecule has 16 heavy (non-hydrogen) atoms. The minimum absolute atomic E-state index is 0.183. The minimum Gasteiger partial charge on any atom is -0.440 e. The monoisotopic (exact) mass is 243 g/mol. The zero-order valence-corrected chi connectivity index (χ0v) is 10.5. The van der Waals surface area contributed by atoms with Gasteiger partial charge < -0.3 is 15.5 Å². The second-order valence-electron chi connectivity index (χ2n) is 4.08. The number of carbonyl (C=O) groups excluding carboxylic acids is 1. The summed E-state index contributed by atoms with van der Waals surface area (Å²) in [5, 5.41) is 3.69. The van der Waals surface area contributed by atoms with E-state index in [1.165, 1.54) is 18.0 Å². The molecule has 6 heteroatoms. The fraction of sp³-hybridized carbons (Fsp3) is 0.600. The van der Waals surface area contributed by atoms with Crippen LogP contribution in [0.2, 0.25) is 0 Å². The maximum absolute atomic E-state index is 11.4. The summed E-state index contributed by atoms with van der Waals surface area (Å²) < 4.78 is 5.09. The highest BCUT2D eigenvalue weighted by Crippen LogP contribution is 2.21. The van der Waals surface area contributed by atoms with E-state index in [2.05, 4.69) is 10.3 Å². The van der Waals surface area contributed by atoms with Crippen LogP contribution in [0.25, 0.3) is 0 Å². The number of aromatic nitrogens is 1. The number of hydrogen-bond acceptors (Lipinski definition) is 5. The highest BCUT2D eigenvalue weighted by atomic mass is 32.2. The molecule has 0 aliphatic carbocycles. The third kappa shape index (κ3) is 3.53. The van der Waals surface area contributed by atoms with E-state index in [4.69, 9.17) is 10.2 Å². The third-order valence-electron chi connectivity index (χ3n) is 2.05. The van der Waals surface area contributed by atoms with E-state index in [-0.39, 0.29) is 11.9 Å². The van der Waals surface area contributed by atoms with Crippen molar-refractivity contribution in [2.24, 2.45) is 5.73 Å². The summed E-state index contributed by atoms with van der Waals surface area (Å²) in [6, 6.07) is 0.183. The molecule has 0 spiro atoms. The molecule has 0 aliphatic rings. The average Bonchev–Trinajstić information content (AvgIpc) is 2.65. The van der Waals surface area contributed by atoms with Gasteiger partial charge in [-0.2, -0.15) is 0 Å². The standard InChI is InChI=1S/C10H17N3O2S/c1-7(2)13-10(3,8(11)14)6-16-9-12-4-5-15-9/h4-5,7,13H,6H2,1-3H3,(H2,11,14). The molecule has 0 bridgehead atoms. The number of primary amides is 1. The van der Waals surface area contributed by atoms with Gasteiger partial charge in [0.05, 0.1) is 6.20 Å². The molecule has 0 saturated carbocycles. The summed E-state index contributed by atoms with van der Waals surface area (Å²) in [5.41, 5.74) is 4.64. The zero-order chi connectivity index (χ0) is 12.2. The molecule has 1 unspecified atom stereocenters. The number of hydrogen-bond donors (Lipinski definition) is 2. The van der Waals surface area contributed by atoms with E-state index in [9.17, 15) is 4.79 Å². The van der Waals surface area contributed by atoms with Crippen LogP contribution >= 0.6 is 11.8 Å². The number of nitrogens with two attached hydrogens (primary N) is 1. The largest absolute Gasteiger partial charge is 0.440 e. The van der Waals surface area contributed by atoms with Crippen LogP contribution in [0, 0.1) is 0 Å². The second kappa shape index (κ2) is 5.36. The van der Waals surface area contributed by atoms with E-state index in [1.807, 2.05) is 13.8 Å². The van der Waals surface area contributed by atoms with Crippen LogP contribution in [0.1, 0.15) is 20.8 Å². The van der Waals surface area contributed by atoms with Crippen molar-refractivity contribution in [2.75, 3.05) is 5.75 Å². The fourth-order valence-corrected chi connectivity index (χ4v) is 2.21. The van der Waals surface area contributed by atoms with Crippen LogP contribution in [-0.4, -0.2) is 28.2 Å². The number of oxazole rings is 1. The lowest BCUT2D eigenvalue weighted by Crippen LogP contribution is -2.57. The molecule has 0 fully saturated rings. The minimum atomic E-state index is -0.757. The summed E-state index contributed by atoms with van der Waals surface area (Å²) in [4.78, 5) is 15.4. The van der Waals surface area contributed by atoms with E-state index in [0.29, 0.717) is 11.0 Å². The molecule has 1 aromatic rings. The lowest BCUT2D eigenvalue weighted by Gasteiger charge is -2.28. The molecule has 5 nitrogen and oxygen atoms in total. The molecule has 1 rings (SSSR count). The lowest BCUT2D eigenvalue weighted by atomic mass is 10.0. The smallest absolute Gasteiger partial charge is 0.255 e. The number of nitrogens with zero attached hydrogens (tertiary/aromatic N) is 1. The van der Waals surface area contributed by atoms with Crippen molar-refractivity contribution in [3.63, 3.8) is 0 Å². The second-order valence-corrected chi connectivity index (χ2v) is 5.01. The van der Waals surface area contributed by atoms with E-state index in [0.717, 1.165) is 0 Å². The zero-order valence-electron chi connectivity index (χ0n) is 9.69. The average molecular weight is 243 g/mol. The molecule has 0 radical (unpaired) electrons. The van der Waals surface area contributed by atoms with Crippen molar-refractivity contribution in [1.82, 2.24) is 10.3 Å². The van der Waals surface area contributed by atoms with Crippen LogP contribution in [-0.2, 0) is 4.79 Å². The Morgan fingerprint density at radius 2 is 2.44 bits per heavy atom. The number of thioether (sulfide) groups is 1. The number of amides is 1. The van der Waals surface area contributed by atoms with Crippen LogP contribution < -0.4 is 11.1 Å². The topological polar surface area (TPSA) is 81.2 Å². The SMILES string of the molecule is CC(C)NC(C)(CSc1ncco1)C(N)=O. The highest BCUT2D eigenvalue weighted by Gasteiger charge is 2.32. The normalized spacial score (nSPS) is 15.0. The van der Waals surface area contributed by atoms with E-state index < -0.39 is 5.54 Å². The van der Waals surface area contributed by atoms with E-state index >= 15 is 0 Å². The maximum Gasteiger partial charge on any atom is 0.255 e. The first kappa shape index (κ1) is 13.1. The van der Waals surface area contributed by atoms with Crippen molar-refractivity contribution in [1.29, 1.82) is 0 Å². The molecular formula is C10H17N3O2S. The molecule has 0 aromatic carbocycles. The first-order chi connectivity index (χ1) is 7.44. The van der Waals surface area contributed by atoms with Crippen LogP contribution in [0.15, 0.2) is 22.1 Å². The number of nitrogens with one attached hydrogen (secondary N) is 1. The lowest BCUT2D eigenvalue weighted by molar-refractivity contribution is -0.123. The van der Waals surface area contributed by atoms with Gasteiger partial charge in [-0.25, -0.2) is 4.98 Å². The van der Waals surface area contributed by atoms with Crippen LogP contribution in [0.4, 0.5) is 0 Å². The summed E-state index contributed by atoms with van der Waals surface area (Å²) in [5.74, 6) is 0.112. The van der Waals surface area contributed by atoms with Crippen molar-refractivity contribution in [3.05, 3.63) is 12.5 Å². The molecule has 3 N–H and O–H groups in total. The van der Waals surface area contributed by atoms with Gasteiger partial charge >= 0.3 is 0 Å².